The molecule has 2 aromatic rings. The lowest BCUT2D eigenvalue weighted by Gasteiger charge is -1.98. The van der Waals surface area contributed by atoms with Gasteiger partial charge >= 0.3 is 0 Å². The molecule has 1 amide bonds. The van der Waals surface area contributed by atoms with Gasteiger partial charge in [0.05, 0.1) is 17.3 Å². The highest BCUT2D eigenvalue weighted by molar-refractivity contribution is 6.00. The van der Waals surface area contributed by atoms with Gasteiger partial charge in [-0.3, -0.25) is 4.79 Å². The van der Waals surface area contributed by atoms with E-state index in [0.717, 1.165) is 11.1 Å². The maximum absolute atomic E-state index is 11.4. The van der Waals surface area contributed by atoms with Gasteiger partial charge in [0, 0.05) is 13.2 Å². The first kappa shape index (κ1) is 8.74. The molecule has 0 radical (unpaired) electrons. The Hall–Kier alpha value is -1.84. The minimum atomic E-state index is -0.106. The number of pyridine rings is 1. The van der Waals surface area contributed by atoms with Crippen LogP contribution < -0.4 is 5.32 Å². The fourth-order valence-electron chi connectivity index (χ4n) is 1.40. The molecule has 4 nitrogen and oxygen atoms in total. The number of aryl methyl sites for hydroxylation is 1. The number of hydrogen-bond donors (Lipinski definition) is 1. The molecule has 0 unspecified atom stereocenters. The number of carbonyl (C=O) groups is 1. The third kappa shape index (κ3) is 1.25. The van der Waals surface area contributed by atoms with Crippen LogP contribution in [0.1, 0.15) is 15.9 Å². The van der Waals surface area contributed by atoms with E-state index in [1.807, 2.05) is 25.3 Å². The molecule has 14 heavy (non-hydrogen) atoms. The van der Waals surface area contributed by atoms with Crippen LogP contribution in [0, 0.1) is 6.92 Å². The summed E-state index contributed by atoms with van der Waals surface area (Å²) in [5.41, 5.74) is 2.56. The van der Waals surface area contributed by atoms with Crippen molar-refractivity contribution in [1.82, 2.24) is 14.9 Å². The highest BCUT2D eigenvalue weighted by Gasteiger charge is 2.10. The third-order valence-electron chi connectivity index (χ3n) is 2.15. The van der Waals surface area contributed by atoms with Gasteiger partial charge in [-0.15, -0.1) is 0 Å². The number of nitrogens with one attached hydrogen (secondary N) is 1. The molecule has 0 aliphatic heterocycles. The van der Waals surface area contributed by atoms with Crippen LogP contribution in [0.25, 0.3) is 5.52 Å². The first-order valence-electron chi connectivity index (χ1n) is 4.38. The van der Waals surface area contributed by atoms with Crippen LogP contribution in [-0.2, 0) is 0 Å². The zero-order valence-corrected chi connectivity index (χ0v) is 8.11. The minimum Gasteiger partial charge on any atom is -0.355 e. The van der Waals surface area contributed by atoms with Gasteiger partial charge in [-0.1, -0.05) is 0 Å². The molecule has 0 saturated heterocycles. The molecule has 4 heteroatoms. The van der Waals surface area contributed by atoms with Crippen molar-refractivity contribution >= 4 is 11.4 Å². The highest BCUT2D eigenvalue weighted by Crippen LogP contribution is 2.11. The second kappa shape index (κ2) is 3.14. The van der Waals surface area contributed by atoms with E-state index in [4.69, 9.17) is 0 Å². The SMILES string of the molecule is CNC(=O)c1cnn2ccc(C)cc12. The van der Waals surface area contributed by atoms with Crippen LogP contribution in [0.4, 0.5) is 0 Å². The molecule has 2 aromatic heterocycles. The molecule has 0 bridgehead atoms. The maximum atomic E-state index is 11.4. The number of nitrogens with zero attached hydrogens (tertiary/aromatic N) is 2. The summed E-state index contributed by atoms with van der Waals surface area (Å²) in [6.07, 6.45) is 3.42. The largest absolute Gasteiger partial charge is 0.355 e. The standard InChI is InChI=1S/C10H11N3O/c1-7-3-4-13-9(5-7)8(6-12-13)10(14)11-2/h3-6H,1-2H3,(H,11,14). The van der Waals surface area contributed by atoms with Crippen molar-refractivity contribution in [2.45, 2.75) is 6.92 Å². The highest BCUT2D eigenvalue weighted by atomic mass is 16.1. The average Bonchev–Trinajstić information content (AvgIpc) is 2.59. The van der Waals surface area contributed by atoms with Crippen LogP contribution in [0.3, 0.4) is 0 Å². The number of hydrogen-bond acceptors (Lipinski definition) is 2. The van der Waals surface area contributed by atoms with Gasteiger partial charge in [0.2, 0.25) is 0 Å². The monoisotopic (exact) mass is 189 g/mol. The van der Waals surface area contributed by atoms with Gasteiger partial charge in [0.1, 0.15) is 0 Å². The molecule has 0 fully saturated rings. The fourth-order valence-corrected chi connectivity index (χ4v) is 1.40. The van der Waals surface area contributed by atoms with Crippen molar-refractivity contribution in [3.05, 3.63) is 35.7 Å². The van der Waals surface area contributed by atoms with E-state index in [0.29, 0.717) is 5.56 Å². The van der Waals surface area contributed by atoms with Crippen molar-refractivity contribution in [2.75, 3.05) is 7.05 Å². The summed E-state index contributed by atoms with van der Waals surface area (Å²) in [4.78, 5) is 11.4. The summed E-state index contributed by atoms with van der Waals surface area (Å²) in [7, 11) is 1.61. The summed E-state index contributed by atoms with van der Waals surface area (Å²) in [6, 6.07) is 3.89. The van der Waals surface area contributed by atoms with Crippen molar-refractivity contribution < 1.29 is 4.79 Å². The van der Waals surface area contributed by atoms with Crippen molar-refractivity contribution in [1.29, 1.82) is 0 Å². The molecular formula is C10H11N3O. The predicted octanol–water partition coefficient (Wildman–Crippen LogP) is 1.00. The summed E-state index contributed by atoms with van der Waals surface area (Å²) >= 11 is 0. The molecule has 0 saturated carbocycles. The van der Waals surface area contributed by atoms with Gasteiger partial charge in [-0.25, -0.2) is 4.52 Å². The molecular weight excluding hydrogens is 178 g/mol. The normalized spacial score (nSPS) is 10.4. The smallest absolute Gasteiger partial charge is 0.254 e. The molecule has 0 atom stereocenters. The number of fused-ring (bicyclic) bond motifs is 1. The molecule has 0 aromatic carbocycles. The lowest BCUT2D eigenvalue weighted by Crippen LogP contribution is -2.17. The van der Waals surface area contributed by atoms with Crippen LogP contribution in [0.5, 0.6) is 0 Å². The topological polar surface area (TPSA) is 46.4 Å². The minimum absolute atomic E-state index is 0.106. The predicted molar refractivity (Wildman–Crippen MR) is 53.3 cm³/mol. The Morgan fingerprint density at radius 2 is 2.36 bits per heavy atom. The van der Waals surface area contributed by atoms with Crippen LogP contribution in [0.2, 0.25) is 0 Å². The zero-order chi connectivity index (χ0) is 10.1. The van der Waals surface area contributed by atoms with E-state index in [9.17, 15) is 4.79 Å². The summed E-state index contributed by atoms with van der Waals surface area (Å²) in [5.74, 6) is -0.106. The molecule has 0 aliphatic carbocycles. The Bertz CT molecular complexity index is 487. The quantitative estimate of drug-likeness (QED) is 0.727. The number of amides is 1. The Labute approximate surface area is 81.5 Å². The summed E-state index contributed by atoms with van der Waals surface area (Å²) in [5, 5.41) is 6.67. The second-order valence-electron chi connectivity index (χ2n) is 3.17. The van der Waals surface area contributed by atoms with Crippen LogP contribution in [0.15, 0.2) is 24.5 Å². The zero-order valence-electron chi connectivity index (χ0n) is 8.11. The number of aromatic nitrogens is 2. The van der Waals surface area contributed by atoms with E-state index in [1.54, 1.807) is 17.8 Å². The first-order valence-corrected chi connectivity index (χ1v) is 4.38. The summed E-state index contributed by atoms with van der Waals surface area (Å²) < 4.78 is 1.69. The van der Waals surface area contributed by atoms with E-state index in [2.05, 4.69) is 10.4 Å². The fraction of sp³-hybridized carbons (Fsp3) is 0.200. The molecule has 2 heterocycles. The average molecular weight is 189 g/mol. The van der Waals surface area contributed by atoms with Gasteiger partial charge in [0.15, 0.2) is 0 Å². The molecule has 2 rings (SSSR count). The molecule has 72 valence electrons. The number of carbonyl (C=O) groups excluding carboxylic acids is 1. The lowest BCUT2D eigenvalue weighted by molar-refractivity contribution is 0.0964. The third-order valence-corrected chi connectivity index (χ3v) is 2.15. The second-order valence-corrected chi connectivity index (χ2v) is 3.17. The Morgan fingerprint density at radius 1 is 1.57 bits per heavy atom. The summed E-state index contributed by atoms with van der Waals surface area (Å²) in [6.45, 7) is 1.99. The molecule has 1 N–H and O–H groups in total. The lowest BCUT2D eigenvalue weighted by atomic mass is 10.2. The molecule has 0 aliphatic rings. The van der Waals surface area contributed by atoms with Gasteiger partial charge in [-0.05, 0) is 24.6 Å². The molecule has 0 spiro atoms. The Morgan fingerprint density at radius 3 is 3.07 bits per heavy atom. The van der Waals surface area contributed by atoms with Gasteiger partial charge in [-0.2, -0.15) is 5.10 Å². The van der Waals surface area contributed by atoms with Crippen molar-refractivity contribution in [2.24, 2.45) is 0 Å². The van der Waals surface area contributed by atoms with Gasteiger partial charge < -0.3 is 5.32 Å². The van der Waals surface area contributed by atoms with E-state index in [1.165, 1.54) is 0 Å². The van der Waals surface area contributed by atoms with E-state index in [-0.39, 0.29) is 5.91 Å². The maximum Gasteiger partial charge on any atom is 0.254 e. The Balaban J connectivity index is 2.67. The number of rotatable bonds is 1. The van der Waals surface area contributed by atoms with E-state index >= 15 is 0 Å². The van der Waals surface area contributed by atoms with Gasteiger partial charge in [0.25, 0.3) is 5.91 Å². The van der Waals surface area contributed by atoms with Crippen LogP contribution in [-0.4, -0.2) is 22.6 Å². The van der Waals surface area contributed by atoms with E-state index < -0.39 is 0 Å². The first-order chi connectivity index (χ1) is 6.72. The Kier molecular flexibility index (Phi) is 1.96. The van der Waals surface area contributed by atoms with Crippen molar-refractivity contribution in [3.63, 3.8) is 0 Å². The van der Waals surface area contributed by atoms with Crippen molar-refractivity contribution in [3.8, 4) is 0 Å². The van der Waals surface area contributed by atoms with Crippen LogP contribution >= 0.6 is 0 Å².